The lowest BCUT2D eigenvalue weighted by Crippen LogP contribution is -2.44. The molecule has 2 amide bonds. The average molecular weight is 266 g/mol. The minimum atomic E-state index is -0.485. The normalized spacial score (nSPS) is 23.5. The van der Waals surface area contributed by atoms with E-state index in [0.29, 0.717) is 5.69 Å². The number of rotatable bonds is 2. The molecule has 0 heterocycles. The highest BCUT2D eigenvalue weighted by Gasteiger charge is 2.23. The lowest BCUT2D eigenvalue weighted by atomic mass is 10.1. The maximum absolute atomic E-state index is 12.7. The summed E-state index contributed by atoms with van der Waals surface area (Å²) in [7, 11) is 0. The molecule has 19 heavy (non-hydrogen) atoms. The summed E-state index contributed by atoms with van der Waals surface area (Å²) in [5, 5.41) is 15.3. The molecule has 2 unspecified atom stereocenters. The number of hydrogen-bond donors (Lipinski definition) is 3. The van der Waals surface area contributed by atoms with E-state index < -0.39 is 6.10 Å². The van der Waals surface area contributed by atoms with E-state index in [2.05, 4.69) is 10.6 Å². The molecule has 0 aliphatic heterocycles. The molecule has 4 nitrogen and oxygen atoms in total. The van der Waals surface area contributed by atoms with Crippen LogP contribution < -0.4 is 10.6 Å². The molecule has 0 aromatic heterocycles. The molecule has 1 aromatic carbocycles. The van der Waals surface area contributed by atoms with Gasteiger partial charge in [-0.3, -0.25) is 0 Å². The summed E-state index contributed by atoms with van der Waals surface area (Å²) < 4.78 is 12.7. The summed E-state index contributed by atoms with van der Waals surface area (Å²) in [6, 6.07) is 5.00. The number of hydrogen-bond acceptors (Lipinski definition) is 2. The second-order valence-electron chi connectivity index (χ2n) is 4.92. The Morgan fingerprint density at radius 1 is 1.16 bits per heavy atom. The van der Waals surface area contributed by atoms with Gasteiger partial charge in [0.2, 0.25) is 0 Å². The molecule has 1 aliphatic carbocycles. The van der Waals surface area contributed by atoms with Gasteiger partial charge in [0.1, 0.15) is 5.82 Å². The highest BCUT2D eigenvalue weighted by molar-refractivity contribution is 5.89. The lowest BCUT2D eigenvalue weighted by molar-refractivity contribution is 0.124. The molecule has 2 rings (SSSR count). The van der Waals surface area contributed by atoms with E-state index in [1.54, 1.807) is 0 Å². The number of aliphatic hydroxyl groups is 1. The minimum Gasteiger partial charge on any atom is -0.391 e. The molecule has 1 saturated carbocycles. The van der Waals surface area contributed by atoms with Crippen LogP contribution in [0.3, 0.4) is 0 Å². The van der Waals surface area contributed by atoms with Crippen molar-refractivity contribution in [3.63, 3.8) is 0 Å². The van der Waals surface area contributed by atoms with Gasteiger partial charge in [-0.2, -0.15) is 0 Å². The first-order valence-corrected chi connectivity index (χ1v) is 6.66. The Morgan fingerprint density at radius 2 is 1.84 bits per heavy atom. The van der Waals surface area contributed by atoms with Crippen LogP contribution in [0.2, 0.25) is 0 Å². The molecule has 2 atom stereocenters. The van der Waals surface area contributed by atoms with Crippen molar-refractivity contribution in [1.82, 2.24) is 5.32 Å². The number of halogens is 1. The predicted octanol–water partition coefficient (Wildman–Crippen LogP) is 2.64. The predicted molar refractivity (Wildman–Crippen MR) is 71.4 cm³/mol. The van der Waals surface area contributed by atoms with Crippen molar-refractivity contribution >= 4 is 11.7 Å². The number of carbonyl (C=O) groups is 1. The number of amides is 2. The number of nitrogens with one attached hydrogen (secondary N) is 2. The monoisotopic (exact) mass is 266 g/mol. The molecule has 0 spiro atoms. The maximum Gasteiger partial charge on any atom is 0.319 e. The molecule has 3 N–H and O–H groups in total. The van der Waals surface area contributed by atoms with E-state index in [-0.39, 0.29) is 17.9 Å². The second-order valence-corrected chi connectivity index (χ2v) is 4.92. The Hall–Kier alpha value is -1.62. The third-order valence-corrected chi connectivity index (χ3v) is 3.40. The summed E-state index contributed by atoms with van der Waals surface area (Å²) >= 11 is 0. The van der Waals surface area contributed by atoms with Crippen LogP contribution in [0, 0.1) is 5.82 Å². The Balaban J connectivity index is 1.87. The fourth-order valence-electron chi connectivity index (χ4n) is 2.33. The average Bonchev–Trinajstić information content (AvgIpc) is 2.58. The van der Waals surface area contributed by atoms with Gasteiger partial charge in [-0.15, -0.1) is 0 Å². The zero-order chi connectivity index (χ0) is 13.7. The maximum atomic E-state index is 12.7. The summed E-state index contributed by atoms with van der Waals surface area (Å²) in [6.07, 6.45) is 4.13. The van der Waals surface area contributed by atoms with Gasteiger partial charge in [0.25, 0.3) is 0 Å². The van der Waals surface area contributed by atoms with Gasteiger partial charge in [-0.1, -0.05) is 19.3 Å². The largest absolute Gasteiger partial charge is 0.391 e. The Morgan fingerprint density at radius 3 is 2.58 bits per heavy atom. The zero-order valence-corrected chi connectivity index (χ0v) is 10.7. The molecular weight excluding hydrogens is 247 g/mol. The van der Waals surface area contributed by atoms with Crippen LogP contribution in [0.4, 0.5) is 14.9 Å². The molecule has 1 aromatic rings. The quantitative estimate of drug-likeness (QED) is 0.721. The topological polar surface area (TPSA) is 61.4 Å². The SMILES string of the molecule is O=C(Nc1ccc(F)cc1)NC1CCCCCC1O. The summed E-state index contributed by atoms with van der Waals surface area (Å²) in [6.45, 7) is 0. The summed E-state index contributed by atoms with van der Waals surface area (Å²) in [5.74, 6) is -0.342. The third kappa shape index (κ3) is 4.21. The molecule has 0 radical (unpaired) electrons. The number of benzene rings is 1. The van der Waals surface area contributed by atoms with Crippen LogP contribution in [-0.2, 0) is 0 Å². The number of urea groups is 1. The fraction of sp³-hybridized carbons (Fsp3) is 0.500. The van der Waals surface area contributed by atoms with Gasteiger partial charge in [0.05, 0.1) is 12.1 Å². The van der Waals surface area contributed by atoms with E-state index in [4.69, 9.17) is 0 Å². The van der Waals surface area contributed by atoms with Crippen LogP contribution in [-0.4, -0.2) is 23.3 Å². The van der Waals surface area contributed by atoms with Gasteiger partial charge >= 0.3 is 6.03 Å². The minimum absolute atomic E-state index is 0.206. The first-order chi connectivity index (χ1) is 9.15. The van der Waals surface area contributed by atoms with Crippen molar-refractivity contribution in [2.75, 3.05) is 5.32 Å². The number of anilines is 1. The zero-order valence-electron chi connectivity index (χ0n) is 10.7. The Labute approximate surface area is 112 Å². The fourth-order valence-corrected chi connectivity index (χ4v) is 2.33. The lowest BCUT2D eigenvalue weighted by Gasteiger charge is -2.21. The highest BCUT2D eigenvalue weighted by atomic mass is 19.1. The molecule has 104 valence electrons. The van der Waals surface area contributed by atoms with E-state index in [0.717, 1.165) is 32.1 Å². The molecular formula is C14H19FN2O2. The highest BCUT2D eigenvalue weighted by Crippen LogP contribution is 2.18. The smallest absolute Gasteiger partial charge is 0.319 e. The van der Waals surface area contributed by atoms with Crippen molar-refractivity contribution in [2.24, 2.45) is 0 Å². The first kappa shape index (κ1) is 13.8. The van der Waals surface area contributed by atoms with Gasteiger partial charge in [-0.25, -0.2) is 9.18 Å². The standard InChI is InChI=1S/C14H19FN2O2/c15-10-6-8-11(9-7-10)16-14(19)17-12-4-2-1-3-5-13(12)18/h6-9,12-13,18H,1-5H2,(H2,16,17,19). The van der Waals surface area contributed by atoms with Gasteiger partial charge in [0, 0.05) is 5.69 Å². The molecule has 0 bridgehead atoms. The van der Waals surface area contributed by atoms with Crippen molar-refractivity contribution < 1.29 is 14.3 Å². The van der Waals surface area contributed by atoms with Crippen molar-refractivity contribution in [3.8, 4) is 0 Å². The van der Waals surface area contributed by atoms with Crippen LogP contribution in [0.15, 0.2) is 24.3 Å². The first-order valence-electron chi connectivity index (χ1n) is 6.66. The number of aliphatic hydroxyl groups excluding tert-OH is 1. The summed E-state index contributed by atoms with van der Waals surface area (Å²) in [4.78, 5) is 11.8. The summed E-state index contributed by atoms with van der Waals surface area (Å²) in [5.41, 5.74) is 0.530. The van der Waals surface area contributed by atoms with Crippen molar-refractivity contribution in [3.05, 3.63) is 30.1 Å². The third-order valence-electron chi connectivity index (χ3n) is 3.40. The number of carbonyl (C=O) groups excluding carboxylic acids is 1. The van der Waals surface area contributed by atoms with Crippen LogP contribution in [0.1, 0.15) is 32.1 Å². The van der Waals surface area contributed by atoms with Gasteiger partial charge < -0.3 is 15.7 Å². The van der Waals surface area contributed by atoms with Crippen molar-refractivity contribution in [1.29, 1.82) is 0 Å². The molecule has 0 saturated heterocycles. The molecule has 1 aliphatic rings. The van der Waals surface area contributed by atoms with E-state index in [1.807, 2.05) is 0 Å². The Kier molecular flexibility index (Phi) is 4.74. The van der Waals surface area contributed by atoms with E-state index in [1.165, 1.54) is 24.3 Å². The van der Waals surface area contributed by atoms with Crippen LogP contribution in [0.25, 0.3) is 0 Å². The molecule has 5 heteroatoms. The Bertz CT molecular complexity index is 422. The van der Waals surface area contributed by atoms with E-state index in [9.17, 15) is 14.3 Å². The second kappa shape index (κ2) is 6.52. The van der Waals surface area contributed by atoms with Crippen LogP contribution >= 0.6 is 0 Å². The molecule has 1 fully saturated rings. The van der Waals surface area contributed by atoms with Crippen LogP contribution in [0.5, 0.6) is 0 Å². The van der Waals surface area contributed by atoms with Gasteiger partial charge in [-0.05, 0) is 37.1 Å². The van der Waals surface area contributed by atoms with E-state index >= 15 is 0 Å². The van der Waals surface area contributed by atoms with Crippen molar-refractivity contribution in [2.45, 2.75) is 44.2 Å². The van der Waals surface area contributed by atoms with Gasteiger partial charge in [0.15, 0.2) is 0 Å².